The minimum Gasteiger partial charge on any atom is -0.360 e. The van der Waals surface area contributed by atoms with Gasteiger partial charge in [-0.15, -0.1) is 11.3 Å². The van der Waals surface area contributed by atoms with Crippen LogP contribution in [0.2, 0.25) is 0 Å². The second-order valence-electron chi connectivity index (χ2n) is 4.69. The summed E-state index contributed by atoms with van der Waals surface area (Å²) in [5.41, 5.74) is -2.21. The van der Waals surface area contributed by atoms with E-state index in [-0.39, 0.29) is 17.4 Å². The first kappa shape index (κ1) is 17.9. The van der Waals surface area contributed by atoms with Crippen LogP contribution < -0.4 is 0 Å². The minimum atomic E-state index is -4.58. The zero-order valence-electron chi connectivity index (χ0n) is 11.3. The number of alkyl halides is 3. The molecule has 0 unspecified atom stereocenters. The number of hydrogen-bond acceptors (Lipinski definition) is 6. The van der Waals surface area contributed by atoms with Crippen LogP contribution in [0, 0.1) is 11.3 Å². The van der Waals surface area contributed by atoms with Gasteiger partial charge in [0.1, 0.15) is 16.4 Å². The molecule has 21 heavy (non-hydrogen) atoms. The summed E-state index contributed by atoms with van der Waals surface area (Å²) < 4.78 is 65.6. The molecule has 0 spiro atoms. The Balaban J connectivity index is 2.61. The number of rotatable bonds is 6. The number of ether oxygens (including phenoxy) is 1. The third kappa shape index (κ3) is 5.99. The molecule has 0 saturated heterocycles. The van der Waals surface area contributed by atoms with Crippen LogP contribution in [-0.4, -0.2) is 31.4 Å². The summed E-state index contributed by atoms with van der Waals surface area (Å²) >= 11 is 0.643. The number of hydrogen-bond donors (Lipinski definition) is 0. The van der Waals surface area contributed by atoms with Crippen molar-refractivity contribution in [3.63, 3.8) is 0 Å². The van der Waals surface area contributed by atoms with E-state index in [1.54, 1.807) is 0 Å². The first-order chi connectivity index (χ1) is 9.45. The molecule has 118 valence electrons. The molecule has 0 aliphatic heterocycles. The molecule has 10 heteroatoms. The Bertz CT molecular complexity index is 630. The Labute approximate surface area is 124 Å². The molecular weight excluding hydrogens is 329 g/mol. The van der Waals surface area contributed by atoms with Crippen LogP contribution in [-0.2, 0) is 26.5 Å². The Morgan fingerprint density at radius 2 is 2.05 bits per heavy atom. The molecule has 5 nitrogen and oxygen atoms in total. The van der Waals surface area contributed by atoms with E-state index in [1.807, 2.05) is 6.07 Å². The summed E-state index contributed by atoms with van der Waals surface area (Å²) in [4.78, 5) is 3.26. The number of halogens is 3. The van der Waals surface area contributed by atoms with Gasteiger partial charge in [0.05, 0.1) is 18.4 Å². The fourth-order valence-corrected chi connectivity index (χ4v) is 3.54. The molecular formula is C11H13F3N2O3S2. The third-order valence-electron chi connectivity index (χ3n) is 2.31. The van der Waals surface area contributed by atoms with E-state index in [0.717, 1.165) is 5.38 Å². The molecule has 0 saturated carbocycles. The zero-order valence-corrected chi connectivity index (χ0v) is 12.9. The van der Waals surface area contributed by atoms with Gasteiger partial charge in [-0.25, -0.2) is 13.4 Å². The van der Waals surface area contributed by atoms with Gasteiger partial charge in [0, 0.05) is 5.38 Å². The fraction of sp³-hybridized carbons (Fsp3) is 0.636. The van der Waals surface area contributed by atoms with Crippen molar-refractivity contribution in [1.29, 1.82) is 5.26 Å². The smallest absolute Gasteiger partial charge is 0.360 e. The number of nitriles is 1. The highest BCUT2D eigenvalue weighted by molar-refractivity contribution is 7.90. The van der Waals surface area contributed by atoms with Gasteiger partial charge in [-0.3, -0.25) is 0 Å². The van der Waals surface area contributed by atoms with Gasteiger partial charge in [0.2, 0.25) is 0 Å². The Hall–Kier alpha value is -1.18. The molecule has 0 bridgehead atoms. The van der Waals surface area contributed by atoms with Crippen LogP contribution in [0.4, 0.5) is 13.2 Å². The van der Waals surface area contributed by atoms with Crippen molar-refractivity contribution in [2.45, 2.75) is 31.4 Å². The molecule has 0 aromatic carbocycles. The lowest BCUT2D eigenvalue weighted by Crippen LogP contribution is -2.25. The summed E-state index contributed by atoms with van der Waals surface area (Å²) in [7, 11) is -3.65. The SMILES string of the molecule is CC(C)(C#N)OCCS(=O)(=O)Cc1nc(C(F)(F)F)cs1. The zero-order chi connectivity index (χ0) is 16.3. The predicted octanol–water partition coefficient (Wildman–Crippen LogP) is 2.40. The average Bonchev–Trinajstić information content (AvgIpc) is 2.75. The van der Waals surface area contributed by atoms with E-state index in [1.165, 1.54) is 13.8 Å². The van der Waals surface area contributed by atoms with Gasteiger partial charge in [-0.05, 0) is 13.8 Å². The van der Waals surface area contributed by atoms with Gasteiger partial charge >= 0.3 is 6.18 Å². The normalized spacial score (nSPS) is 13.1. The van der Waals surface area contributed by atoms with E-state index in [4.69, 9.17) is 10.00 Å². The molecule has 1 heterocycles. The highest BCUT2D eigenvalue weighted by atomic mass is 32.2. The number of thiazole rings is 1. The van der Waals surface area contributed by atoms with E-state index in [0.29, 0.717) is 11.3 Å². The quantitative estimate of drug-likeness (QED) is 0.793. The lowest BCUT2D eigenvalue weighted by atomic mass is 10.2. The molecule has 1 rings (SSSR count). The number of sulfone groups is 1. The molecule has 0 aliphatic carbocycles. The molecule has 0 radical (unpaired) electrons. The minimum absolute atomic E-state index is 0.123. The maximum Gasteiger partial charge on any atom is 0.434 e. The second kappa shape index (κ2) is 6.29. The first-order valence-electron chi connectivity index (χ1n) is 5.72. The maximum absolute atomic E-state index is 12.4. The standard InChI is InChI=1S/C11H13F3N2O3S2/c1-10(2,7-15)19-3-4-21(17,18)6-9-16-8(5-20-9)11(12,13)14/h5H,3-4,6H2,1-2H3. The monoisotopic (exact) mass is 342 g/mol. The van der Waals surface area contributed by atoms with Crippen molar-refractivity contribution in [3.8, 4) is 6.07 Å². The molecule has 0 fully saturated rings. The number of nitrogens with zero attached hydrogens (tertiary/aromatic N) is 2. The number of aromatic nitrogens is 1. The van der Waals surface area contributed by atoms with Crippen LogP contribution >= 0.6 is 11.3 Å². The van der Waals surface area contributed by atoms with Crippen LogP contribution in [0.1, 0.15) is 24.5 Å². The van der Waals surface area contributed by atoms with Gasteiger partial charge in [-0.2, -0.15) is 18.4 Å². The largest absolute Gasteiger partial charge is 0.434 e. The summed E-state index contributed by atoms with van der Waals surface area (Å²) in [5.74, 6) is -0.969. The Kier molecular flexibility index (Phi) is 5.35. The van der Waals surface area contributed by atoms with Crippen molar-refractivity contribution < 1.29 is 26.3 Å². The van der Waals surface area contributed by atoms with Crippen LogP contribution in [0.15, 0.2) is 5.38 Å². The van der Waals surface area contributed by atoms with Gasteiger partial charge in [-0.1, -0.05) is 0 Å². The van der Waals surface area contributed by atoms with Crippen molar-refractivity contribution in [3.05, 3.63) is 16.1 Å². The molecule has 0 atom stereocenters. The van der Waals surface area contributed by atoms with Crippen molar-refractivity contribution >= 4 is 21.2 Å². The van der Waals surface area contributed by atoms with E-state index in [9.17, 15) is 21.6 Å². The molecule has 1 aromatic heterocycles. The van der Waals surface area contributed by atoms with Gasteiger partial charge < -0.3 is 4.74 Å². The third-order valence-corrected chi connectivity index (χ3v) is 4.85. The molecule has 0 aliphatic rings. The van der Waals surface area contributed by atoms with Crippen molar-refractivity contribution in [1.82, 2.24) is 4.98 Å². The Morgan fingerprint density at radius 3 is 2.52 bits per heavy atom. The molecule has 0 N–H and O–H groups in total. The maximum atomic E-state index is 12.4. The second-order valence-corrected chi connectivity index (χ2v) is 7.81. The lowest BCUT2D eigenvalue weighted by Gasteiger charge is -2.16. The topological polar surface area (TPSA) is 80.0 Å². The summed E-state index contributed by atoms with van der Waals surface area (Å²) in [6.45, 7) is 2.76. The molecule has 1 aromatic rings. The molecule has 0 amide bonds. The summed E-state index contributed by atoms with van der Waals surface area (Å²) in [6.07, 6.45) is -4.58. The fourth-order valence-electron chi connectivity index (χ4n) is 1.22. The van der Waals surface area contributed by atoms with E-state index in [2.05, 4.69) is 4.98 Å². The predicted molar refractivity (Wildman–Crippen MR) is 70.3 cm³/mol. The summed E-state index contributed by atoms with van der Waals surface area (Å²) in [6, 6.07) is 1.84. The van der Waals surface area contributed by atoms with E-state index < -0.39 is 33.1 Å². The highest BCUT2D eigenvalue weighted by Gasteiger charge is 2.34. The van der Waals surface area contributed by atoms with Gasteiger partial charge in [0.15, 0.2) is 15.5 Å². The first-order valence-corrected chi connectivity index (χ1v) is 8.42. The van der Waals surface area contributed by atoms with Crippen LogP contribution in [0.5, 0.6) is 0 Å². The lowest BCUT2D eigenvalue weighted by molar-refractivity contribution is -0.140. The van der Waals surface area contributed by atoms with Crippen LogP contribution in [0.25, 0.3) is 0 Å². The highest BCUT2D eigenvalue weighted by Crippen LogP contribution is 2.30. The van der Waals surface area contributed by atoms with Crippen molar-refractivity contribution in [2.24, 2.45) is 0 Å². The van der Waals surface area contributed by atoms with Crippen molar-refractivity contribution in [2.75, 3.05) is 12.4 Å². The summed E-state index contributed by atoms with van der Waals surface area (Å²) in [5, 5.41) is 9.35. The Morgan fingerprint density at radius 1 is 1.43 bits per heavy atom. The van der Waals surface area contributed by atoms with E-state index >= 15 is 0 Å². The average molecular weight is 342 g/mol. The van der Waals surface area contributed by atoms with Crippen LogP contribution in [0.3, 0.4) is 0 Å². The van der Waals surface area contributed by atoms with Gasteiger partial charge in [0.25, 0.3) is 0 Å².